The summed E-state index contributed by atoms with van der Waals surface area (Å²) in [5.41, 5.74) is 0. The van der Waals surface area contributed by atoms with E-state index in [0.29, 0.717) is 0 Å². The Morgan fingerprint density at radius 3 is 1.20 bits per heavy atom. The molecule has 0 aliphatic carbocycles. The van der Waals surface area contributed by atoms with E-state index in [9.17, 15) is 16.8 Å². The van der Waals surface area contributed by atoms with Gasteiger partial charge in [-0.1, -0.05) is 0 Å². The second kappa shape index (κ2) is 6.17. The summed E-state index contributed by atoms with van der Waals surface area (Å²) in [4.78, 5) is 0. The molecule has 0 aromatic heterocycles. The molecule has 0 aromatic carbocycles. The Morgan fingerprint density at radius 2 is 1.07 bits per heavy atom. The molecule has 0 fully saturated rings. The Labute approximate surface area is 100 Å². The molecule has 0 saturated carbocycles. The van der Waals surface area contributed by atoms with Gasteiger partial charge in [-0.2, -0.15) is 16.8 Å². The van der Waals surface area contributed by atoms with Gasteiger partial charge in [-0.05, 0) is 13.8 Å². The fourth-order valence-electron chi connectivity index (χ4n) is 0.540. The fourth-order valence-corrected chi connectivity index (χ4v) is 1.62. The van der Waals surface area contributed by atoms with Gasteiger partial charge in [0.15, 0.2) is 0 Å². The zero-order valence-electron chi connectivity index (χ0n) is 7.32. The molecule has 0 saturated heterocycles. The van der Waals surface area contributed by atoms with Gasteiger partial charge in [0.1, 0.15) is 12.2 Å². The van der Waals surface area contributed by atoms with Gasteiger partial charge < -0.3 is 0 Å². The molecule has 0 heterocycles. The predicted molar refractivity (Wildman–Crippen MR) is 51.3 cm³/mol. The first-order valence-corrected chi connectivity index (χ1v) is 6.05. The number of hydrogen-bond donors (Lipinski definition) is 2. The molecule has 15 heavy (non-hydrogen) atoms. The number of rotatable bonds is 5. The van der Waals surface area contributed by atoms with E-state index in [0.717, 1.165) is 13.8 Å². The first kappa shape index (κ1) is 17.7. The Kier molecular flexibility index (Phi) is 7.29. The number of hydrogen-bond acceptors (Lipinski definition) is 6. The summed E-state index contributed by atoms with van der Waals surface area (Å²) in [5, 5.41) is 0. The molecule has 2 unspecified atom stereocenters. The van der Waals surface area contributed by atoms with Gasteiger partial charge in [-0.15, -0.1) is 0 Å². The van der Waals surface area contributed by atoms with Crippen LogP contribution < -0.4 is 0 Å². The van der Waals surface area contributed by atoms with Crippen molar-refractivity contribution in [1.82, 2.24) is 0 Å². The molecule has 0 rings (SSSR count). The molecule has 11 heteroatoms. The van der Waals surface area contributed by atoms with E-state index in [4.69, 9.17) is 9.11 Å². The van der Waals surface area contributed by atoms with Gasteiger partial charge in [0.2, 0.25) is 0 Å². The quantitative estimate of drug-likeness (QED) is 0.462. The first-order chi connectivity index (χ1) is 6.01. The van der Waals surface area contributed by atoms with E-state index in [1.54, 1.807) is 0 Å². The van der Waals surface area contributed by atoms with Crippen molar-refractivity contribution in [3.8, 4) is 0 Å². The summed E-state index contributed by atoms with van der Waals surface area (Å²) >= 11 is 0. The van der Waals surface area contributed by atoms with Crippen LogP contribution in [0.25, 0.3) is 0 Å². The Bertz CT molecular complexity index is 333. The van der Waals surface area contributed by atoms with E-state index in [1.165, 1.54) is 0 Å². The van der Waals surface area contributed by atoms with Gasteiger partial charge in [0.05, 0.1) is 0 Å². The van der Waals surface area contributed by atoms with E-state index in [-0.39, 0.29) is 18.9 Å². The molecule has 88 valence electrons. The second-order valence-corrected chi connectivity index (χ2v) is 4.55. The fraction of sp³-hybridized carbons (Fsp3) is 1.00. The van der Waals surface area contributed by atoms with Crippen LogP contribution in [0.2, 0.25) is 0 Å². The average molecular weight is 258 g/mol. The summed E-state index contributed by atoms with van der Waals surface area (Å²) < 4.78 is 65.1. The molecule has 0 spiro atoms. The molecule has 8 nitrogen and oxygen atoms in total. The summed E-state index contributed by atoms with van der Waals surface area (Å²) in [7, 11) is -9.36. The van der Waals surface area contributed by atoms with E-state index >= 15 is 0 Å². The molecule has 2 N–H and O–H groups in total. The van der Waals surface area contributed by atoms with Crippen molar-refractivity contribution in [3.63, 3.8) is 0 Å². The maximum atomic E-state index is 10.2. The van der Waals surface area contributed by atoms with Crippen LogP contribution in [0.15, 0.2) is 0 Å². The van der Waals surface area contributed by atoms with Crippen molar-refractivity contribution in [1.29, 1.82) is 0 Å². The second-order valence-electron chi connectivity index (χ2n) is 2.46. The van der Waals surface area contributed by atoms with Crippen molar-refractivity contribution < 1.29 is 34.3 Å². The van der Waals surface area contributed by atoms with Gasteiger partial charge >= 0.3 is 39.7 Å². The van der Waals surface area contributed by atoms with Crippen LogP contribution in [0.3, 0.4) is 0 Å². The molecule has 0 aliphatic heterocycles. The Morgan fingerprint density at radius 1 is 0.867 bits per heavy atom. The normalized spacial score (nSPS) is 16.5. The monoisotopic (exact) mass is 258 g/mol. The third kappa shape index (κ3) is 10.6. The average Bonchev–Trinajstić information content (AvgIpc) is 1.78. The third-order valence-electron chi connectivity index (χ3n) is 1.21. The standard InChI is InChI=1S/C4H10O8S2.Li.H/c1-3(11-13(5,6)7)4(2)12-14(8,9)10;;/h3-4H,1-2H3,(H,5,6,7)(H,8,9,10);;. The zero-order valence-corrected chi connectivity index (χ0v) is 8.95. The minimum absolute atomic E-state index is 0. The molecular weight excluding hydrogens is 247 g/mol. The van der Waals surface area contributed by atoms with E-state index < -0.39 is 33.0 Å². The van der Waals surface area contributed by atoms with Crippen LogP contribution >= 0.6 is 0 Å². The van der Waals surface area contributed by atoms with Crippen LogP contribution in [0.5, 0.6) is 0 Å². The molecular formula is C4H11LiO8S2. The predicted octanol–water partition coefficient (Wildman–Crippen LogP) is -1.25. The van der Waals surface area contributed by atoms with Gasteiger partial charge in [0.25, 0.3) is 0 Å². The molecule has 0 aliphatic rings. The third-order valence-corrected chi connectivity index (χ3v) is 2.30. The molecule has 0 bridgehead atoms. The van der Waals surface area contributed by atoms with Crippen molar-refractivity contribution in [2.75, 3.05) is 0 Å². The molecule has 2 atom stereocenters. The summed E-state index contributed by atoms with van der Waals surface area (Å²) in [6, 6.07) is 0. The van der Waals surface area contributed by atoms with E-state index in [2.05, 4.69) is 8.37 Å². The summed E-state index contributed by atoms with van der Waals surface area (Å²) in [6.07, 6.45) is -2.51. The van der Waals surface area contributed by atoms with Crippen LogP contribution in [0, 0.1) is 0 Å². The van der Waals surface area contributed by atoms with Gasteiger partial charge in [0, 0.05) is 0 Å². The first-order valence-electron chi connectivity index (χ1n) is 3.32. The van der Waals surface area contributed by atoms with Crippen LogP contribution in [-0.2, 0) is 29.2 Å². The van der Waals surface area contributed by atoms with Crippen LogP contribution in [0.1, 0.15) is 13.8 Å². The van der Waals surface area contributed by atoms with Crippen molar-refractivity contribution in [3.05, 3.63) is 0 Å². The van der Waals surface area contributed by atoms with Crippen LogP contribution in [-0.4, -0.2) is 57.0 Å². The zero-order chi connectivity index (χ0) is 11.6. The van der Waals surface area contributed by atoms with E-state index in [1.807, 2.05) is 0 Å². The SMILES string of the molecule is CC(OS(=O)(=O)O)C(C)OS(=O)(=O)O.[LiH]. The van der Waals surface area contributed by atoms with Crippen molar-refractivity contribution in [2.45, 2.75) is 26.1 Å². The molecule has 0 aromatic rings. The summed E-state index contributed by atoms with van der Waals surface area (Å²) in [6.45, 7) is 2.28. The maximum absolute atomic E-state index is 10.2. The minimum atomic E-state index is -4.68. The topological polar surface area (TPSA) is 127 Å². The van der Waals surface area contributed by atoms with Crippen molar-refractivity contribution >= 4 is 39.7 Å². The van der Waals surface area contributed by atoms with Gasteiger partial charge in [-0.3, -0.25) is 9.11 Å². The summed E-state index contributed by atoms with van der Waals surface area (Å²) in [5.74, 6) is 0. The van der Waals surface area contributed by atoms with Crippen molar-refractivity contribution in [2.24, 2.45) is 0 Å². The Balaban J connectivity index is 0. The Hall–Kier alpha value is 0.337. The molecule has 0 radical (unpaired) electrons. The van der Waals surface area contributed by atoms with Crippen LogP contribution in [0.4, 0.5) is 0 Å². The molecule has 0 amide bonds. The van der Waals surface area contributed by atoms with Gasteiger partial charge in [-0.25, -0.2) is 8.37 Å².